The van der Waals surface area contributed by atoms with Gasteiger partial charge in [-0.2, -0.15) is 5.26 Å². The van der Waals surface area contributed by atoms with Gasteiger partial charge in [0, 0.05) is 30.3 Å². The van der Waals surface area contributed by atoms with Crippen LogP contribution >= 0.6 is 0 Å². The van der Waals surface area contributed by atoms with Crippen molar-refractivity contribution in [2.75, 3.05) is 13.1 Å². The number of nitrogens with zero attached hydrogens (tertiary/aromatic N) is 3. The first-order chi connectivity index (χ1) is 14.7. The van der Waals surface area contributed by atoms with Crippen molar-refractivity contribution in [3.8, 4) is 11.9 Å². The van der Waals surface area contributed by atoms with Crippen LogP contribution < -0.4 is 4.74 Å². The van der Waals surface area contributed by atoms with Gasteiger partial charge in [-0.3, -0.25) is 0 Å². The highest BCUT2D eigenvalue weighted by Crippen LogP contribution is 2.30. The van der Waals surface area contributed by atoms with E-state index >= 15 is 0 Å². The predicted octanol–water partition coefficient (Wildman–Crippen LogP) is 4.92. The topological polar surface area (TPSA) is 75.4 Å². The molecule has 31 heavy (non-hydrogen) atoms. The maximum Gasteiger partial charge on any atom is 0.410 e. The fourth-order valence-corrected chi connectivity index (χ4v) is 3.33. The number of benzene rings is 1. The second-order valence-electron chi connectivity index (χ2n) is 8.47. The van der Waals surface area contributed by atoms with Crippen LogP contribution in [0.1, 0.15) is 56.4 Å². The number of halogens is 2. The molecule has 0 spiro atoms. The Morgan fingerprint density at radius 3 is 2.52 bits per heavy atom. The minimum atomic E-state index is -0.635. The summed E-state index contributed by atoms with van der Waals surface area (Å²) >= 11 is 0. The summed E-state index contributed by atoms with van der Waals surface area (Å²) in [5.74, 6) is -1.38. The fraction of sp³-hybridized carbons (Fsp3) is 0.435. The van der Waals surface area contributed by atoms with Crippen LogP contribution in [0.2, 0.25) is 0 Å². The van der Waals surface area contributed by atoms with E-state index in [-0.39, 0.29) is 35.6 Å². The molecular weight excluding hydrogens is 404 g/mol. The number of ether oxygens (including phenoxy) is 2. The minimum Gasteiger partial charge on any atom is -0.471 e. The summed E-state index contributed by atoms with van der Waals surface area (Å²) in [7, 11) is 0. The third-order valence-electron chi connectivity index (χ3n) is 4.95. The number of hydrogen-bond donors (Lipinski definition) is 0. The molecule has 1 fully saturated rings. The van der Waals surface area contributed by atoms with Gasteiger partial charge in [-0.25, -0.2) is 18.6 Å². The largest absolute Gasteiger partial charge is 0.471 e. The molecule has 1 aromatic heterocycles. The standard InChI is InChI=1S/C23H25F2N3O3/c1-23(2,3)31-22(29)28-10-8-16(9-11-28)20-7-6-18(24)21(27-20)30-14-17-5-4-15(13-26)12-19(17)25/h4-7,12,16H,8-11,14H2,1-3H3. The molecule has 1 aromatic carbocycles. The van der Waals surface area contributed by atoms with Crippen LogP contribution in [0.4, 0.5) is 13.6 Å². The normalized spacial score (nSPS) is 14.8. The summed E-state index contributed by atoms with van der Waals surface area (Å²) in [5, 5.41) is 8.81. The second kappa shape index (κ2) is 9.29. The lowest BCUT2D eigenvalue weighted by atomic mass is 9.93. The molecule has 1 saturated heterocycles. The summed E-state index contributed by atoms with van der Waals surface area (Å²) < 4.78 is 39.1. The Morgan fingerprint density at radius 2 is 1.90 bits per heavy atom. The molecule has 1 aliphatic rings. The van der Waals surface area contributed by atoms with Crippen molar-refractivity contribution in [3.63, 3.8) is 0 Å². The van der Waals surface area contributed by atoms with Crippen molar-refractivity contribution in [2.24, 2.45) is 0 Å². The monoisotopic (exact) mass is 429 g/mol. The zero-order valence-electron chi connectivity index (χ0n) is 17.8. The van der Waals surface area contributed by atoms with Crippen molar-refractivity contribution < 1.29 is 23.0 Å². The number of rotatable bonds is 4. The Morgan fingerprint density at radius 1 is 1.19 bits per heavy atom. The number of pyridine rings is 1. The molecule has 0 bridgehead atoms. The molecule has 2 aromatic rings. The summed E-state index contributed by atoms with van der Waals surface area (Å²) in [6.07, 6.45) is 0.995. The predicted molar refractivity (Wildman–Crippen MR) is 109 cm³/mol. The summed E-state index contributed by atoms with van der Waals surface area (Å²) in [6.45, 7) is 6.31. The molecule has 6 nitrogen and oxygen atoms in total. The highest BCUT2D eigenvalue weighted by molar-refractivity contribution is 5.68. The van der Waals surface area contributed by atoms with E-state index in [1.807, 2.05) is 26.8 Å². The van der Waals surface area contributed by atoms with Gasteiger partial charge in [-0.1, -0.05) is 6.07 Å². The third kappa shape index (κ3) is 5.91. The Hall–Kier alpha value is -3.21. The number of aromatic nitrogens is 1. The van der Waals surface area contributed by atoms with E-state index in [4.69, 9.17) is 14.7 Å². The molecule has 164 valence electrons. The van der Waals surface area contributed by atoms with Crippen LogP contribution in [0.25, 0.3) is 0 Å². The molecule has 0 atom stereocenters. The van der Waals surface area contributed by atoms with Gasteiger partial charge in [0.05, 0.1) is 11.6 Å². The maximum atomic E-state index is 14.2. The summed E-state index contributed by atoms with van der Waals surface area (Å²) in [4.78, 5) is 18.2. The number of carbonyl (C=O) groups excluding carboxylic acids is 1. The first kappa shape index (κ1) is 22.5. The lowest BCUT2D eigenvalue weighted by molar-refractivity contribution is 0.0204. The highest BCUT2D eigenvalue weighted by atomic mass is 19.1. The van der Waals surface area contributed by atoms with Gasteiger partial charge in [0.1, 0.15) is 18.0 Å². The van der Waals surface area contributed by atoms with Crippen LogP contribution in [0.5, 0.6) is 5.88 Å². The van der Waals surface area contributed by atoms with Gasteiger partial charge in [-0.05, 0) is 57.9 Å². The molecule has 0 saturated carbocycles. The van der Waals surface area contributed by atoms with E-state index in [1.165, 1.54) is 18.2 Å². The van der Waals surface area contributed by atoms with E-state index < -0.39 is 17.2 Å². The lowest BCUT2D eigenvalue weighted by Gasteiger charge is -2.33. The van der Waals surface area contributed by atoms with Crippen molar-refractivity contribution in [2.45, 2.75) is 51.7 Å². The van der Waals surface area contributed by atoms with Gasteiger partial charge in [0.25, 0.3) is 5.88 Å². The zero-order valence-corrected chi connectivity index (χ0v) is 17.8. The number of piperidine rings is 1. The molecule has 1 amide bonds. The number of carbonyl (C=O) groups is 1. The van der Waals surface area contributed by atoms with Gasteiger partial charge >= 0.3 is 6.09 Å². The molecular formula is C23H25F2N3O3. The van der Waals surface area contributed by atoms with E-state index in [1.54, 1.807) is 11.0 Å². The van der Waals surface area contributed by atoms with Crippen molar-refractivity contribution in [3.05, 3.63) is 58.8 Å². The second-order valence-corrected chi connectivity index (χ2v) is 8.47. The quantitative estimate of drug-likeness (QED) is 0.689. The smallest absolute Gasteiger partial charge is 0.410 e. The highest BCUT2D eigenvalue weighted by Gasteiger charge is 2.28. The Kier molecular flexibility index (Phi) is 6.74. The summed E-state index contributed by atoms with van der Waals surface area (Å²) in [6, 6.07) is 8.77. The Bertz CT molecular complexity index is 991. The number of likely N-dealkylation sites (tertiary alicyclic amines) is 1. The van der Waals surface area contributed by atoms with Crippen molar-refractivity contribution in [1.29, 1.82) is 5.26 Å². The van der Waals surface area contributed by atoms with Gasteiger partial charge in [0.2, 0.25) is 0 Å². The van der Waals surface area contributed by atoms with Gasteiger partial charge in [-0.15, -0.1) is 0 Å². The SMILES string of the molecule is CC(C)(C)OC(=O)N1CCC(c2ccc(F)c(OCc3ccc(C#N)cc3F)n2)CC1. The van der Waals surface area contributed by atoms with Crippen LogP contribution in [0.15, 0.2) is 30.3 Å². The lowest BCUT2D eigenvalue weighted by Crippen LogP contribution is -2.41. The number of hydrogen-bond acceptors (Lipinski definition) is 5. The van der Waals surface area contributed by atoms with E-state index in [9.17, 15) is 13.6 Å². The third-order valence-corrected chi connectivity index (χ3v) is 4.95. The molecule has 1 aliphatic heterocycles. The van der Waals surface area contributed by atoms with E-state index in [2.05, 4.69) is 4.98 Å². The molecule has 0 radical (unpaired) electrons. The molecule has 0 aliphatic carbocycles. The average Bonchev–Trinajstić information content (AvgIpc) is 2.72. The van der Waals surface area contributed by atoms with Crippen LogP contribution in [-0.2, 0) is 11.3 Å². The van der Waals surface area contributed by atoms with Crippen LogP contribution in [0.3, 0.4) is 0 Å². The number of amides is 1. The Labute approximate surface area is 180 Å². The zero-order chi connectivity index (χ0) is 22.6. The summed E-state index contributed by atoms with van der Waals surface area (Å²) in [5.41, 5.74) is 0.523. The van der Waals surface area contributed by atoms with Gasteiger partial charge in [0.15, 0.2) is 5.82 Å². The molecule has 8 heteroatoms. The van der Waals surface area contributed by atoms with Crippen LogP contribution in [-0.4, -0.2) is 34.7 Å². The maximum absolute atomic E-state index is 14.2. The van der Waals surface area contributed by atoms with Crippen molar-refractivity contribution in [1.82, 2.24) is 9.88 Å². The molecule has 0 unspecified atom stereocenters. The first-order valence-electron chi connectivity index (χ1n) is 10.1. The Balaban J connectivity index is 1.63. The van der Waals surface area contributed by atoms with E-state index in [0.29, 0.717) is 31.6 Å². The average molecular weight is 429 g/mol. The minimum absolute atomic E-state index is 0.0493. The fourth-order valence-electron chi connectivity index (χ4n) is 3.33. The van der Waals surface area contributed by atoms with E-state index in [0.717, 1.165) is 6.07 Å². The van der Waals surface area contributed by atoms with Crippen molar-refractivity contribution >= 4 is 6.09 Å². The molecule has 2 heterocycles. The first-order valence-corrected chi connectivity index (χ1v) is 10.1. The van der Waals surface area contributed by atoms with Gasteiger partial charge < -0.3 is 14.4 Å². The molecule has 3 rings (SSSR count). The molecule has 0 N–H and O–H groups in total. The van der Waals surface area contributed by atoms with Crippen LogP contribution in [0, 0.1) is 23.0 Å². The number of nitriles is 1.